The van der Waals surface area contributed by atoms with Crippen molar-refractivity contribution in [2.75, 3.05) is 6.61 Å². The van der Waals surface area contributed by atoms with Crippen LogP contribution in [0.3, 0.4) is 0 Å². The van der Waals surface area contributed by atoms with Gasteiger partial charge in [0.05, 0.1) is 47.7 Å². The Kier molecular flexibility index (Phi) is 9.07. The zero-order chi connectivity index (χ0) is 31.6. The first kappa shape index (κ1) is 31.0. The van der Waals surface area contributed by atoms with Gasteiger partial charge in [0.15, 0.2) is 0 Å². The van der Waals surface area contributed by atoms with E-state index >= 15 is 4.11 Å². The predicted octanol–water partition coefficient (Wildman–Crippen LogP) is 6.07. The lowest BCUT2D eigenvalue weighted by atomic mass is 9.95. The SMILES string of the molecule is C[C@@H]1[C@@H]([Si](C)(C)F)[C@H](CCn2cc(C(CO)c3ccccc3)nn2)O[C@@H]1CCc1ccc(-n2ncc3ccccc3c2=O)cc1. The molecule has 10 heteroatoms. The topological polar surface area (TPSA) is 95.1 Å². The zero-order valence-electron chi connectivity index (χ0n) is 26.0. The maximum absolute atomic E-state index is 15.7. The molecule has 0 spiro atoms. The monoisotopic (exact) mass is 625 g/mol. The number of benzene rings is 3. The van der Waals surface area contributed by atoms with E-state index in [9.17, 15) is 9.90 Å². The fourth-order valence-corrected chi connectivity index (χ4v) is 9.53. The number of aryl methyl sites for hydroxylation is 2. The fraction of sp³-hybridized carbons (Fsp3) is 0.371. The third kappa shape index (κ3) is 6.68. The second kappa shape index (κ2) is 13.2. The standard InChI is InChI=1S/C35H40FN5O3Si/c1-24-32(18-15-25-13-16-28(17-14-25)41-35(43)29-12-8-7-11-27(29)21-37-41)44-33(34(24)45(2,3)36)19-20-40-22-31(38-39-40)30(23-42)26-9-5-4-6-10-26/h4-14,16-17,21-22,24,30,32-34,42H,15,18-20,23H2,1-3H3/t24-,30?,32+,33-,34+/m0/s1. The Morgan fingerprint density at radius 1 is 0.978 bits per heavy atom. The van der Waals surface area contributed by atoms with E-state index in [0.29, 0.717) is 24.0 Å². The Hall–Kier alpha value is -3.99. The highest BCUT2D eigenvalue weighted by Crippen LogP contribution is 2.47. The summed E-state index contributed by atoms with van der Waals surface area (Å²) in [4.78, 5) is 13.0. The lowest BCUT2D eigenvalue weighted by Crippen LogP contribution is -2.36. The third-order valence-electron chi connectivity index (χ3n) is 9.23. The van der Waals surface area contributed by atoms with Gasteiger partial charge in [-0.3, -0.25) is 9.48 Å². The minimum absolute atomic E-state index is 0.0462. The van der Waals surface area contributed by atoms with Crippen molar-refractivity contribution in [3.05, 3.63) is 118 Å². The average Bonchev–Trinajstić information content (AvgIpc) is 3.64. The van der Waals surface area contributed by atoms with E-state index in [1.165, 1.54) is 4.68 Å². The molecular formula is C35H40FN5O3Si. The number of rotatable bonds is 11. The quantitative estimate of drug-likeness (QED) is 0.141. The Morgan fingerprint density at radius 3 is 2.44 bits per heavy atom. The van der Waals surface area contributed by atoms with E-state index in [1.54, 1.807) is 24.0 Å². The average molecular weight is 626 g/mol. The molecule has 1 aliphatic heterocycles. The molecule has 2 aromatic heterocycles. The summed E-state index contributed by atoms with van der Waals surface area (Å²) in [5, 5.41) is 24.5. The summed E-state index contributed by atoms with van der Waals surface area (Å²) in [5.41, 5.74) is 3.29. The van der Waals surface area contributed by atoms with E-state index < -0.39 is 8.41 Å². The van der Waals surface area contributed by atoms with Crippen LogP contribution in [0.4, 0.5) is 4.11 Å². The minimum atomic E-state index is -3.01. The van der Waals surface area contributed by atoms with Crippen LogP contribution in [0.1, 0.15) is 42.5 Å². The van der Waals surface area contributed by atoms with Gasteiger partial charge in [0.1, 0.15) is 0 Å². The summed E-state index contributed by atoms with van der Waals surface area (Å²) in [7, 11) is -3.01. The summed E-state index contributed by atoms with van der Waals surface area (Å²) in [6.45, 7) is 6.21. The molecule has 3 heterocycles. The normalized spacial score (nSPS) is 20.9. The smallest absolute Gasteiger partial charge is 0.279 e. The molecule has 0 radical (unpaired) electrons. The first-order valence-corrected chi connectivity index (χ1v) is 18.6. The summed E-state index contributed by atoms with van der Waals surface area (Å²) in [6.07, 6.45) is 5.57. The van der Waals surface area contributed by atoms with Crippen molar-refractivity contribution >= 4 is 19.2 Å². The fourth-order valence-electron chi connectivity index (χ4n) is 6.93. The van der Waals surface area contributed by atoms with Crippen LogP contribution in [-0.2, 0) is 17.7 Å². The van der Waals surface area contributed by atoms with Gasteiger partial charge >= 0.3 is 0 Å². The molecule has 1 fully saturated rings. The van der Waals surface area contributed by atoms with Gasteiger partial charge in [-0.25, -0.2) is 0 Å². The Bertz CT molecular complexity index is 1790. The first-order valence-electron chi connectivity index (χ1n) is 15.7. The minimum Gasteiger partial charge on any atom is -0.395 e. The van der Waals surface area contributed by atoms with Crippen molar-refractivity contribution in [3.63, 3.8) is 0 Å². The maximum Gasteiger partial charge on any atom is 0.279 e. The summed E-state index contributed by atoms with van der Waals surface area (Å²) < 4.78 is 25.5. The van der Waals surface area contributed by atoms with Gasteiger partial charge in [0, 0.05) is 23.7 Å². The van der Waals surface area contributed by atoms with Crippen molar-refractivity contribution < 1.29 is 14.0 Å². The van der Waals surface area contributed by atoms with Crippen molar-refractivity contribution in [1.29, 1.82) is 0 Å². The number of aromatic nitrogens is 5. The van der Waals surface area contributed by atoms with E-state index in [0.717, 1.165) is 35.0 Å². The van der Waals surface area contributed by atoms with Crippen LogP contribution < -0.4 is 5.56 Å². The van der Waals surface area contributed by atoms with Crippen LogP contribution in [-0.4, -0.2) is 57.1 Å². The molecule has 45 heavy (non-hydrogen) atoms. The highest BCUT2D eigenvalue weighted by atomic mass is 28.4. The largest absolute Gasteiger partial charge is 0.395 e. The molecule has 0 aliphatic carbocycles. The first-order chi connectivity index (χ1) is 21.7. The molecule has 5 atom stereocenters. The van der Waals surface area contributed by atoms with E-state index in [2.05, 4.69) is 22.3 Å². The van der Waals surface area contributed by atoms with Crippen LogP contribution in [0, 0.1) is 5.92 Å². The van der Waals surface area contributed by atoms with Crippen LogP contribution in [0.5, 0.6) is 0 Å². The van der Waals surface area contributed by atoms with Crippen molar-refractivity contribution in [2.24, 2.45) is 5.92 Å². The summed E-state index contributed by atoms with van der Waals surface area (Å²) in [6, 6.07) is 25.1. The maximum atomic E-state index is 15.7. The molecular weight excluding hydrogens is 586 g/mol. The molecule has 0 bridgehead atoms. The Labute approximate surface area is 263 Å². The molecule has 8 nitrogen and oxygen atoms in total. The zero-order valence-corrected chi connectivity index (χ0v) is 27.0. The van der Waals surface area contributed by atoms with Gasteiger partial charge in [0.2, 0.25) is 8.41 Å². The van der Waals surface area contributed by atoms with Crippen LogP contribution in [0.25, 0.3) is 16.5 Å². The van der Waals surface area contributed by atoms with Gasteiger partial charge in [-0.05, 0) is 67.6 Å². The molecule has 3 aromatic carbocycles. The molecule has 6 rings (SSSR count). The van der Waals surface area contributed by atoms with Crippen molar-refractivity contribution in [1.82, 2.24) is 24.8 Å². The number of halogens is 1. The van der Waals surface area contributed by atoms with E-state index in [-0.39, 0.29) is 41.8 Å². The second-order valence-corrected chi connectivity index (χ2v) is 16.5. The van der Waals surface area contributed by atoms with Crippen molar-refractivity contribution in [3.8, 4) is 5.69 Å². The molecule has 1 saturated heterocycles. The molecule has 0 saturated carbocycles. The molecule has 1 aliphatic rings. The van der Waals surface area contributed by atoms with Crippen molar-refractivity contribution in [2.45, 2.75) is 69.5 Å². The molecule has 234 valence electrons. The predicted molar refractivity (Wildman–Crippen MR) is 176 cm³/mol. The second-order valence-electron chi connectivity index (χ2n) is 12.7. The highest BCUT2D eigenvalue weighted by molar-refractivity contribution is 6.72. The van der Waals surface area contributed by atoms with Gasteiger partial charge < -0.3 is 14.0 Å². The van der Waals surface area contributed by atoms with Crippen LogP contribution in [0.2, 0.25) is 18.6 Å². The van der Waals surface area contributed by atoms with E-state index in [4.69, 9.17) is 4.74 Å². The van der Waals surface area contributed by atoms with Gasteiger partial charge in [-0.15, -0.1) is 5.10 Å². The third-order valence-corrected chi connectivity index (χ3v) is 11.7. The van der Waals surface area contributed by atoms with Gasteiger partial charge in [0.25, 0.3) is 5.56 Å². The number of fused-ring (bicyclic) bond motifs is 1. The molecule has 1 unspecified atom stereocenters. The number of ether oxygens (including phenoxy) is 1. The van der Waals surface area contributed by atoms with E-state index in [1.807, 2.05) is 85.1 Å². The number of hydrogen-bond donors (Lipinski definition) is 1. The molecule has 1 N–H and O–H groups in total. The summed E-state index contributed by atoms with van der Waals surface area (Å²) in [5.74, 6) is -0.139. The number of aliphatic hydroxyl groups excluding tert-OH is 1. The number of hydrogen-bond acceptors (Lipinski definition) is 6. The number of nitrogens with zero attached hydrogens (tertiary/aromatic N) is 5. The van der Waals surface area contributed by atoms with Crippen LogP contribution >= 0.6 is 0 Å². The van der Waals surface area contributed by atoms with Gasteiger partial charge in [-0.2, -0.15) is 9.78 Å². The highest BCUT2D eigenvalue weighted by Gasteiger charge is 2.50. The number of aliphatic hydroxyl groups is 1. The Balaban J connectivity index is 1.09. The van der Waals surface area contributed by atoms with Crippen LogP contribution in [0.15, 0.2) is 96.1 Å². The molecule has 5 aromatic rings. The lowest BCUT2D eigenvalue weighted by Gasteiger charge is -2.28. The Morgan fingerprint density at radius 2 is 1.71 bits per heavy atom. The molecule has 0 amide bonds. The summed E-state index contributed by atoms with van der Waals surface area (Å²) >= 11 is 0. The van der Waals surface area contributed by atoms with Gasteiger partial charge in [-0.1, -0.05) is 72.8 Å². The lowest BCUT2D eigenvalue weighted by molar-refractivity contribution is 0.0247.